The normalized spacial score (nSPS) is 14.8. The van der Waals surface area contributed by atoms with Gasteiger partial charge in [-0.15, -0.1) is 0 Å². The lowest BCUT2D eigenvalue weighted by atomic mass is 10.0. The highest BCUT2D eigenvalue weighted by Crippen LogP contribution is 2.25. The second kappa shape index (κ2) is 7.96. The van der Waals surface area contributed by atoms with Crippen molar-refractivity contribution in [1.29, 1.82) is 0 Å². The molecule has 0 aromatic heterocycles. The summed E-state index contributed by atoms with van der Waals surface area (Å²) >= 11 is 0. The Morgan fingerprint density at radius 1 is 1.25 bits per heavy atom. The summed E-state index contributed by atoms with van der Waals surface area (Å²) in [6, 6.07) is 5.95. The first-order valence-electron chi connectivity index (χ1n) is 7.54. The average Bonchev–Trinajstić information content (AvgIpc) is 2.43. The first-order chi connectivity index (χ1) is 10.9. The number of amides is 1. The summed E-state index contributed by atoms with van der Waals surface area (Å²) < 4.78 is 28.6. The Kier molecular flexibility index (Phi) is 6.76. The van der Waals surface area contributed by atoms with E-state index in [0.29, 0.717) is 0 Å². The van der Waals surface area contributed by atoms with Gasteiger partial charge in [0, 0.05) is 18.4 Å². The van der Waals surface area contributed by atoms with Crippen LogP contribution in [0.25, 0.3) is 0 Å². The molecule has 2 unspecified atom stereocenters. The Morgan fingerprint density at radius 3 is 2.38 bits per heavy atom. The highest BCUT2D eigenvalue weighted by Gasteiger charge is 2.24. The molecular formula is C16H25NO6S. The van der Waals surface area contributed by atoms with Gasteiger partial charge in [-0.1, -0.05) is 18.2 Å². The van der Waals surface area contributed by atoms with Crippen molar-refractivity contribution in [2.24, 2.45) is 0 Å². The maximum Gasteiger partial charge on any atom is 0.407 e. The molecule has 0 radical (unpaired) electrons. The molecule has 1 aromatic rings. The molecule has 0 spiro atoms. The molecule has 0 aliphatic heterocycles. The van der Waals surface area contributed by atoms with Gasteiger partial charge in [-0.3, -0.25) is 0 Å². The fourth-order valence-corrected chi connectivity index (χ4v) is 3.01. The first-order valence-corrected chi connectivity index (χ1v) is 9.43. The van der Waals surface area contributed by atoms with E-state index in [1.54, 1.807) is 32.9 Å². The molecule has 24 heavy (non-hydrogen) atoms. The lowest BCUT2D eigenvalue weighted by Gasteiger charge is -2.22. The lowest BCUT2D eigenvalue weighted by Crippen LogP contribution is -2.34. The number of ether oxygens (including phenoxy) is 1. The van der Waals surface area contributed by atoms with Crippen LogP contribution >= 0.6 is 0 Å². The van der Waals surface area contributed by atoms with E-state index in [1.807, 2.05) is 0 Å². The number of rotatable bonds is 6. The second-order valence-electron chi connectivity index (χ2n) is 6.54. The number of nitrogens with one attached hydrogen (secondary N) is 1. The molecular weight excluding hydrogens is 334 g/mol. The fourth-order valence-electron chi connectivity index (χ4n) is 2.06. The van der Waals surface area contributed by atoms with Gasteiger partial charge in [-0.25, -0.2) is 13.2 Å². The van der Waals surface area contributed by atoms with E-state index in [0.717, 1.165) is 6.26 Å². The standard InChI is InChI=1S/C16H25NO6S/c1-16(2,3)23-15(20)17-10-9-12(18)14(19)11-7-5-6-8-13(11)24(4,21)22/h5-8,12,14,18-19H,9-10H2,1-4H3,(H,17,20). The smallest absolute Gasteiger partial charge is 0.407 e. The van der Waals surface area contributed by atoms with Crippen molar-refractivity contribution in [3.8, 4) is 0 Å². The van der Waals surface area contributed by atoms with E-state index < -0.39 is 33.7 Å². The number of alkyl carbamates (subject to hydrolysis) is 1. The molecule has 0 saturated heterocycles. The third-order valence-corrected chi connectivity index (χ3v) is 4.28. The van der Waals surface area contributed by atoms with E-state index in [4.69, 9.17) is 4.74 Å². The minimum Gasteiger partial charge on any atom is -0.444 e. The van der Waals surface area contributed by atoms with Gasteiger partial charge < -0.3 is 20.3 Å². The van der Waals surface area contributed by atoms with Gasteiger partial charge in [0.05, 0.1) is 11.0 Å². The van der Waals surface area contributed by atoms with Crippen LogP contribution in [0.4, 0.5) is 4.79 Å². The monoisotopic (exact) mass is 359 g/mol. The molecule has 0 fully saturated rings. The van der Waals surface area contributed by atoms with Crippen molar-refractivity contribution in [2.45, 2.75) is 49.9 Å². The lowest BCUT2D eigenvalue weighted by molar-refractivity contribution is 0.0108. The van der Waals surface area contributed by atoms with Crippen molar-refractivity contribution in [2.75, 3.05) is 12.8 Å². The molecule has 0 saturated carbocycles. The summed E-state index contributed by atoms with van der Waals surface area (Å²) in [5.74, 6) is 0. The Balaban J connectivity index is 2.67. The van der Waals surface area contributed by atoms with E-state index in [1.165, 1.54) is 12.1 Å². The van der Waals surface area contributed by atoms with Gasteiger partial charge in [0.1, 0.15) is 11.7 Å². The van der Waals surface area contributed by atoms with E-state index in [-0.39, 0.29) is 23.4 Å². The SMILES string of the molecule is CC(C)(C)OC(=O)NCCC(O)C(O)c1ccccc1S(C)(=O)=O. The molecule has 0 bridgehead atoms. The van der Waals surface area contributed by atoms with E-state index >= 15 is 0 Å². The van der Waals surface area contributed by atoms with E-state index in [9.17, 15) is 23.4 Å². The quantitative estimate of drug-likeness (QED) is 0.708. The summed E-state index contributed by atoms with van der Waals surface area (Å²) in [4.78, 5) is 11.5. The molecule has 0 aliphatic carbocycles. The number of benzene rings is 1. The predicted molar refractivity (Wildman–Crippen MR) is 89.4 cm³/mol. The van der Waals surface area contributed by atoms with Gasteiger partial charge in [0.15, 0.2) is 9.84 Å². The summed E-state index contributed by atoms with van der Waals surface area (Å²) in [6.07, 6.45) is -2.16. The number of hydrogen-bond acceptors (Lipinski definition) is 6. The molecule has 0 heterocycles. The van der Waals surface area contributed by atoms with Crippen LogP contribution in [0.1, 0.15) is 38.9 Å². The number of aliphatic hydroxyl groups excluding tert-OH is 2. The topological polar surface area (TPSA) is 113 Å². The van der Waals surface area contributed by atoms with Gasteiger partial charge >= 0.3 is 6.09 Å². The average molecular weight is 359 g/mol. The number of carbonyl (C=O) groups excluding carboxylic acids is 1. The largest absolute Gasteiger partial charge is 0.444 e. The van der Waals surface area contributed by atoms with Crippen LogP contribution in [-0.2, 0) is 14.6 Å². The molecule has 0 aliphatic rings. The summed E-state index contributed by atoms with van der Waals surface area (Å²) in [5.41, 5.74) is -0.499. The van der Waals surface area contributed by atoms with Gasteiger partial charge in [-0.05, 0) is 33.3 Å². The highest BCUT2D eigenvalue weighted by molar-refractivity contribution is 7.90. The van der Waals surface area contributed by atoms with Gasteiger partial charge in [-0.2, -0.15) is 0 Å². The van der Waals surface area contributed by atoms with Gasteiger partial charge in [0.25, 0.3) is 0 Å². The van der Waals surface area contributed by atoms with Crippen LogP contribution in [-0.4, -0.2) is 49.2 Å². The molecule has 3 N–H and O–H groups in total. The predicted octanol–water partition coefficient (Wildman–Crippen LogP) is 1.40. The molecule has 8 heteroatoms. The van der Waals surface area contributed by atoms with Crippen molar-refractivity contribution < 1.29 is 28.2 Å². The van der Waals surface area contributed by atoms with Crippen LogP contribution in [0.5, 0.6) is 0 Å². The molecule has 1 aromatic carbocycles. The van der Waals surface area contributed by atoms with Crippen molar-refractivity contribution in [3.63, 3.8) is 0 Å². The van der Waals surface area contributed by atoms with Crippen LogP contribution < -0.4 is 5.32 Å². The number of carbonyl (C=O) groups is 1. The molecule has 1 rings (SSSR count). The maximum absolute atomic E-state index is 11.8. The Morgan fingerprint density at radius 2 is 1.83 bits per heavy atom. The van der Waals surface area contributed by atoms with E-state index in [2.05, 4.69) is 5.32 Å². The van der Waals surface area contributed by atoms with Crippen molar-refractivity contribution in [3.05, 3.63) is 29.8 Å². The van der Waals surface area contributed by atoms with Crippen LogP contribution in [0.3, 0.4) is 0 Å². The minimum atomic E-state index is -3.53. The molecule has 1 amide bonds. The minimum absolute atomic E-state index is 0.0309. The third-order valence-electron chi connectivity index (χ3n) is 3.11. The second-order valence-corrected chi connectivity index (χ2v) is 8.52. The number of hydrogen-bond donors (Lipinski definition) is 3. The maximum atomic E-state index is 11.8. The Labute approximate surface area is 142 Å². The highest BCUT2D eigenvalue weighted by atomic mass is 32.2. The molecule has 7 nitrogen and oxygen atoms in total. The van der Waals surface area contributed by atoms with Crippen molar-refractivity contribution in [1.82, 2.24) is 5.32 Å². The third kappa shape index (κ3) is 6.46. The summed E-state index contributed by atoms with van der Waals surface area (Å²) in [5, 5.41) is 22.8. The fraction of sp³-hybridized carbons (Fsp3) is 0.562. The number of aliphatic hydroxyl groups is 2. The molecule has 2 atom stereocenters. The molecule has 136 valence electrons. The zero-order chi connectivity index (χ0) is 18.5. The number of sulfone groups is 1. The summed E-state index contributed by atoms with van der Waals surface area (Å²) in [6.45, 7) is 5.27. The Hall–Kier alpha value is -1.64. The zero-order valence-electron chi connectivity index (χ0n) is 14.3. The first kappa shape index (κ1) is 20.4. The van der Waals surface area contributed by atoms with Gasteiger partial charge in [0.2, 0.25) is 0 Å². The Bertz CT molecular complexity index is 665. The summed E-state index contributed by atoms with van der Waals surface area (Å²) in [7, 11) is -3.53. The van der Waals surface area contributed by atoms with Crippen LogP contribution in [0.15, 0.2) is 29.2 Å². The van der Waals surface area contributed by atoms with Crippen molar-refractivity contribution >= 4 is 15.9 Å². The van der Waals surface area contributed by atoms with Crippen LogP contribution in [0.2, 0.25) is 0 Å². The van der Waals surface area contributed by atoms with Crippen LogP contribution in [0, 0.1) is 0 Å². The zero-order valence-corrected chi connectivity index (χ0v) is 15.1.